The molecule has 2 aromatic carbocycles. The summed E-state index contributed by atoms with van der Waals surface area (Å²) >= 11 is 0. The van der Waals surface area contributed by atoms with Gasteiger partial charge in [0.25, 0.3) is 5.56 Å². The number of carbonyl (C=O) groups excluding carboxylic acids is 1. The molecule has 0 aliphatic heterocycles. The molecule has 0 radical (unpaired) electrons. The van der Waals surface area contributed by atoms with Gasteiger partial charge in [0.15, 0.2) is 0 Å². The van der Waals surface area contributed by atoms with Crippen molar-refractivity contribution in [3.8, 4) is 5.69 Å². The fourth-order valence-corrected chi connectivity index (χ4v) is 3.53. The van der Waals surface area contributed by atoms with E-state index in [9.17, 15) is 32.3 Å². The summed E-state index contributed by atoms with van der Waals surface area (Å²) in [5.41, 5.74) is 1.52. The number of urea groups is 1. The number of primary amides is 1. The smallest absolute Gasteiger partial charge is 0.418 e. The molecule has 0 bridgehead atoms. The lowest BCUT2D eigenvalue weighted by Gasteiger charge is -2.19. The standard InChI is InChI=1S/C22H15F3N6O6/c23-22(24,25)13-5-14-15(28-17(20(35)36)18(32)29-14)6-16(13)30-7-11(27-9-30)8-31(21(26)37)12-3-1-10(2-4-12)19(33)34/h1-7,9H,8H2,(H2,26,37)(H,29,32)(H,33,34)(H,35,36). The summed E-state index contributed by atoms with van der Waals surface area (Å²) in [5, 5.41) is 18.1. The highest BCUT2D eigenvalue weighted by molar-refractivity contribution is 5.92. The first-order valence-corrected chi connectivity index (χ1v) is 10.2. The number of rotatable bonds is 6. The van der Waals surface area contributed by atoms with Gasteiger partial charge < -0.3 is 25.5 Å². The third kappa shape index (κ3) is 4.95. The van der Waals surface area contributed by atoms with Gasteiger partial charge in [0.05, 0.1) is 46.4 Å². The molecule has 0 aliphatic rings. The molecule has 12 nitrogen and oxygen atoms in total. The summed E-state index contributed by atoms with van der Waals surface area (Å²) in [6.45, 7) is -0.265. The van der Waals surface area contributed by atoms with Crippen LogP contribution in [0.15, 0.2) is 53.7 Å². The predicted octanol–water partition coefficient (Wildman–Crippen LogP) is 2.61. The molecule has 0 fully saturated rings. The molecule has 5 N–H and O–H groups in total. The molecule has 2 amide bonds. The number of halogens is 3. The lowest BCUT2D eigenvalue weighted by molar-refractivity contribution is -0.137. The largest absolute Gasteiger partial charge is 0.478 e. The number of carbonyl (C=O) groups is 3. The fourth-order valence-electron chi connectivity index (χ4n) is 3.53. The number of aromatic nitrogens is 4. The molecule has 4 rings (SSSR count). The van der Waals surface area contributed by atoms with Gasteiger partial charge in [-0.15, -0.1) is 0 Å². The predicted molar refractivity (Wildman–Crippen MR) is 121 cm³/mol. The monoisotopic (exact) mass is 516 g/mol. The summed E-state index contributed by atoms with van der Waals surface area (Å²) in [5.74, 6) is -2.83. The van der Waals surface area contributed by atoms with Gasteiger partial charge in [0.1, 0.15) is 0 Å². The van der Waals surface area contributed by atoms with E-state index in [-0.39, 0.29) is 34.5 Å². The van der Waals surface area contributed by atoms with Crippen molar-refractivity contribution in [2.45, 2.75) is 12.7 Å². The van der Waals surface area contributed by atoms with Gasteiger partial charge in [-0.1, -0.05) is 0 Å². The maximum absolute atomic E-state index is 13.9. The summed E-state index contributed by atoms with van der Waals surface area (Å²) in [7, 11) is 0. The Bertz CT molecular complexity index is 1610. The molecule has 0 atom stereocenters. The molecule has 190 valence electrons. The Hall–Kier alpha value is -5.21. The molecule has 0 aliphatic carbocycles. The molecular weight excluding hydrogens is 501 g/mol. The van der Waals surface area contributed by atoms with Gasteiger partial charge in [-0.2, -0.15) is 13.2 Å². The normalized spacial score (nSPS) is 11.4. The Morgan fingerprint density at radius 2 is 1.76 bits per heavy atom. The average molecular weight is 516 g/mol. The second kappa shape index (κ2) is 9.10. The van der Waals surface area contributed by atoms with Crippen LogP contribution in [0.4, 0.5) is 23.7 Å². The molecule has 2 aromatic heterocycles. The topological polar surface area (TPSA) is 184 Å². The molecule has 0 saturated carbocycles. The van der Waals surface area contributed by atoms with Gasteiger partial charge in [-0.3, -0.25) is 9.69 Å². The lowest BCUT2D eigenvalue weighted by atomic mass is 10.1. The number of hydrogen-bond donors (Lipinski definition) is 4. The van der Waals surface area contributed by atoms with Gasteiger partial charge in [0, 0.05) is 11.9 Å². The number of nitrogens with zero attached hydrogens (tertiary/aromatic N) is 4. The lowest BCUT2D eigenvalue weighted by Crippen LogP contribution is -2.35. The number of nitrogens with two attached hydrogens (primary N) is 1. The number of carboxylic acid groups (broad SMARTS) is 2. The Morgan fingerprint density at radius 3 is 2.32 bits per heavy atom. The molecule has 0 spiro atoms. The van der Waals surface area contributed by atoms with Crippen molar-refractivity contribution in [3.05, 3.63) is 81.8 Å². The van der Waals surface area contributed by atoms with E-state index in [2.05, 4.69) is 15.0 Å². The third-order valence-corrected chi connectivity index (χ3v) is 5.24. The highest BCUT2D eigenvalue weighted by atomic mass is 19.4. The molecule has 37 heavy (non-hydrogen) atoms. The van der Waals surface area contributed by atoms with Crippen LogP contribution >= 0.6 is 0 Å². The zero-order chi connectivity index (χ0) is 27.1. The Balaban J connectivity index is 1.75. The van der Waals surface area contributed by atoms with Crippen LogP contribution in [0, 0.1) is 0 Å². The minimum Gasteiger partial charge on any atom is -0.478 e. The molecular formula is C22H15F3N6O6. The number of alkyl halides is 3. The Morgan fingerprint density at radius 1 is 1.08 bits per heavy atom. The fraction of sp³-hybridized carbons (Fsp3) is 0.0909. The van der Waals surface area contributed by atoms with Crippen molar-refractivity contribution < 1.29 is 37.8 Å². The summed E-state index contributed by atoms with van der Waals surface area (Å²) < 4.78 is 42.6. The zero-order valence-corrected chi connectivity index (χ0v) is 18.4. The maximum Gasteiger partial charge on any atom is 0.418 e. The van der Waals surface area contributed by atoms with Gasteiger partial charge in [-0.05, 0) is 36.4 Å². The maximum atomic E-state index is 13.9. The quantitative estimate of drug-likeness (QED) is 0.301. The van der Waals surface area contributed by atoms with Gasteiger partial charge >= 0.3 is 24.1 Å². The number of aromatic amines is 1. The second-order valence-electron chi connectivity index (χ2n) is 7.65. The van der Waals surface area contributed by atoms with Crippen molar-refractivity contribution in [1.82, 2.24) is 19.5 Å². The number of fused-ring (bicyclic) bond motifs is 1. The van der Waals surface area contributed by atoms with Gasteiger partial charge in [0.2, 0.25) is 5.69 Å². The van der Waals surface area contributed by atoms with E-state index in [0.29, 0.717) is 6.07 Å². The number of amides is 2. The number of imidazole rings is 1. The van der Waals surface area contributed by atoms with Crippen molar-refractivity contribution in [2.24, 2.45) is 5.73 Å². The van der Waals surface area contributed by atoms with Crippen molar-refractivity contribution in [3.63, 3.8) is 0 Å². The van der Waals surface area contributed by atoms with Crippen molar-refractivity contribution in [2.75, 3.05) is 4.90 Å². The zero-order valence-electron chi connectivity index (χ0n) is 18.4. The Labute approximate surface area is 203 Å². The summed E-state index contributed by atoms with van der Waals surface area (Å²) in [6, 6.07) is 5.82. The molecule has 2 heterocycles. The first-order valence-electron chi connectivity index (χ1n) is 10.2. The van der Waals surface area contributed by atoms with Crippen LogP contribution in [0.1, 0.15) is 32.1 Å². The summed E-state index contributed by atoms with van der Waals surface area (Å²) in [6.07, 6.45) is -2.63. The number of nitrogens with one attached hydrogen (secondary N) is 1. The number of carboxylic acids is 2. The highest BCUT2D eigenvalue weighted by Crippen LogP contribution is 2.36. The van der Waals surface area contributed by atoms with Gasteiger partial charge in [-0.25, -0.2) is 24.4 Å². The van der Waals surface area contributed by atoms with Crippen LogP contribution < -0.4 is 16.2 Å². The van der Waals surface area contributed by atoms with E-state index < -0.39 is 46.7 Å². The molecule has 4 aromatic rings. The van der Waals surface area contributed by atoms with Crippen LogP contribution in [-0.4, -0.2) is 47.7 Å². The highest BCUT2D eigenvalue weighted by Gasteiger charge is 2.35. The van der Waals surface area contributed by atoms with E-state index in [4.69, 9.17) is 15.9 Å². The van der Waals surface area contributed by atoms with E-state index in [1.165, 1.54) is 30.5 Å². The van der Waals surface area contributed by atoms with Crippen LogP contribution in [0.3, 0.4) is 0 Å². The van der Waals surface area contributed by atoms with Crippen LogP contribution in [0.5, 0.6) is 0 Å². The van der Waals surface area contributed by atoms with Crippen LogP contribution in [0.25, 0.3) is 16.7 Å². The number of anilines is 1. The van der Waals surface area contributed by atoms with Crippen molar-refractivity contribution in [1.29, 1.82) is 0 Å². The summed E-state index contributed by atoms with van der Waals surface area (Å²) in [4.78, 5) is 57.0. The van der Waals surface area contributed by atoms with Crippen LogP contribution in [0.2, 0.25) is 0 Å². The number of hydrogen-bond acceptors (Lipinski definition) is 6. The van der Waals surface area contributed by atoms with E-state index in [1.807, 2.05) is 0 Å². The SMILES string of the molecule is NC(=O)N(Cc1cn(-c2cc3nc(C(=O)O)c(=O)[nH]c3cc2C(F)(F)F)cn1)c1ccc(C(=O)O)cc1. The second-order valence-corrected chi connectivity index (χ2v) is 7.65. The van der Waals surface area contributed by atoms with Crippen LogP contribution in [-0.2, 0) is 12.7 Å². The first kappa shape index (κ1) is 24.9. The third-order valence-electron chi connectivity index (χ3n) is 5.24. The average Bonchev–Trinajstić information content (AvgIpc) is 3.29. The molecule has 0 saturated heterocycles. The Kier molecular flexibility index (Phi) is 6.13. The molecule has 0 unspecified atom stereocenters. The van der Waals surface area contributed by atoms with E-state index >= 15 is 0 Å². The first-order chi connectivity index (χ1) is 17.3. The van der Waals surface area contributed by atoms with E-state index in [0.717, 1.165) is 21.9 Å². The molecule has 15 heteroatoms. The minimum absolute atomic E-state index is 0.0329. The number of benzene rings is 2. The number of H-pyrrole nitrogens is 1. The number of aromatic carboxylic acids is 2. The minimum atomic E-state index is -4.87. The van der Waals surface area contributed by atoms with E-state index in [1.54, 1.807) is 0 Å². The van der Waals surface area contributed by atoms with Crippen molar-refractivity contribution >= 4 is 34.7 Å².